The van der Waals surface area contributed by atoms with Gasteiger partial charge in [-0.05, 0) is 37.6 Å². The molecule has 0 fully saturated rings. The van der Waals surface area contributed by atoms with E-state index in [2.05, 4.69) is 20.6 Å². The van der Waals surface area contributed by atoms with Crippen LogP contribution >= 0.6 is 0 Å². The normalized spacial score (nSPS) is 10.1. The summed E-state index contributed by atoms with van der Waals surface area (Å²) in [6, 6.07) is 8.95. The number of aromatic nitrogens is 2. The quantitative estimate of drug-likeness (QED) is 0.876. The summed E-state index contributed by atoms with van der Waals surface area (Å²) in [5, 5.41) is 5.91. The molecule has 104 valence electrons. The van der Waals surface area contributed by atoms with Crippen LogP contribution in [0.3, 0.4) is 0 Å². The van der Waals surface area contributed by atoms with Crippen molar-refractivity contribution in [3.05, 3.63) is 47.8 Å². The number of amides is 1. The molecule has 5 nitrogen and oxygen atoms in total. The number of anilines is 2. The Bertz CT molecular complexity index is 584. The van der Waals surface area contributed by atoms with E-state index < -0.39 is 0 Å². The lowest BCUT2D eigenvalue weighted by molar-refractivity contribution is 0.102. The summed E-state index contributed by atoms with van der Waals surface area (Å²) in [7, 11) is 0. The highest BCUT2D eigenvalue weighted by Crippen LogP contribution is 2.13. The molecule has 2 rings (SSSR count). The summed E-state index contributed by atoms with van der Waals surface area (Å²) in [5.74, 6) is 1.08. The van der Waals surface area contributed by atoms with E-state index in [1.165, 1.54) is 0 Å². The number of aryl methyl sites for hydroxylation is 1. The topological polar surface area (TPSA) is 66.9 Å². The second-order valence-electron chi connectivity index (χ2n) is 4.29. The molecule has 1 amide bonds. The molecule has 0 aliphatic rings. The van der Waals surface area contributed by atoms with E-state index in [9.17, 15) is 4.79 Å². The summed E-state index contributed by atoms with van der Waals surface area (Å²) in [4.78, 5) is 20.7. The molecule has 5 heteroatoms. The fraction of sp³-hybridized carbons (Fsp3) is 0.267. The second kappa shape index (κ2) is 6.65. The summed E-state index contributed by atoms with van der Waals surface area (Å²) in [5.41, 5.74) is 1.47. The molecule has 0 saturated carbocycles. The first kappa shape index (κ1) is 14.0. The van der Waals surface area contributed by atoms with Gasteiger partial charge in [-0.1, -0.05) is 13.0 Å². The Morgan fingerprint density at radius 2 is 2.05 bits per heavy atom. The van der Waals surface area contributed by atoms with Crippen molar-refractivity contribution in [2.45, 2.75) is 20.3 Å². The van der Waals surface area contributed by atoms with Gasteiger partial charge in [-0.2, -0.15) is 0 Å². The van der Waals surface area contributed by atoms with Crippen molar-refractivity contribution in [1.29, 1.82) is 0 Å². The number of hydrogen-bond donors (Lipinski definition) is 2. The standard InChI is InChI=1S/C15H18N4O/c1-3-12-9-11(10-14(18-12)16-4-2)15(20)19-13-7-5-6-8-17-13/h5-10H,3-4H2,1-2H3,(H,16,18)(H,17,19,20). The van der Waals surface area contributed by atoms with Crippen LogP contribution in [0.25, 0.3) is 0 Å². The number of pyridine rings is 2. The maximum Gasteiger partial charge on any atom is 0.257 e. The minimum atomic E-state index is -0.181. The summed E-state index contributed by atoms with van der Waals surface area (Å²) in [6.07, 6.45) is 2.42. The van der Waals surface area contributed by atoms with Gasteiger partial charge in [-0.25, -0.2) is 9.97 Å². The van der Waals surface area contributed by atoms with Gasteiger partial charge in [0.25, 0.3) is 5.91 Å². The number of hydrogen-bond acceptors (Lipinski definition) is 4. The SMILES string of the molecule is CCNc1cc(C(=O)Nc2ccccn2)cc(CC)n1. The highest BCUT2D eigenvalue weighted by atomic mass is 16.1. The molecule has 2 aromatic heterocycles. The van der Waals surface area contributed by atoms with Gasteiger partial charge < -0.3 is 10.6 Å². The van der Waals surface area contributed by atoms with Crippen molar-refractivity contribution < 1.29 is 4.79 Å². The highest BCUT2D eigenvalue weighted by Gasteiger charge is 2.10. The van der Waals surface area contributed by atoms with Crippen molar-refractivity contribution in [1.82, 2.24) is 9.97 Å². The molecule has 2 aromatic rings. The molecule has 0 radical (unpaired) electrons. The first-order valence-corrected chi connectivity index (χ1v) is 6.70. The maximum atomic E-state index is 12.2. The lowest BCUT2D eigenvalue weighted by Crippen LogP contribution is -2.14. The fourth-order valence-corrected chi connectivity index (χ4v) is 1.80. The lowest BCUT2D eigenvalue weighted by atomic mass is 10.2. The maximum absolute atomic E-state index is 12.2. The van der Waals surface area contributed by atoms with Crippen molar-refractivity contribution in [2.75, 3.05) is 17.2 Å². The number of carbonyl (C=O) groups excluding carboxylic acids is 1. The number of nitrogens with zero attached hydrogens (tertiary/aromatic N) is 2. The molecule has 0 spiro atoms. The molecule has 0 atom stereocenters. The first-order valence-electron chi connectivity index (χ1n) is 6.70. The van der Waals surface area contributed by atoms with Crippen LogP contribution < -0.4 is 10.6 Å². The minimum absolute atomic E-state index is 0.181. The molecule has 0 aliphatic carbocycles. The van der Waals surface area contributed by atoms with Crippen LogP contribution in [0.4, 0.5) is 11.6 Å². The Morgan fingerprint density at radius 1 is 1.20 bits per heavy atom. The average molecular weight is 270 g/mol. The lowest BCUT2D eigenvalue weighted by Gasteiger charge is -2.09. The third-order valence-electron chi connectivity index (χ3n) is 2.77. The largest absolute Gasteiger partial charge is 0.370 e. The van der Waals surface area contributed by atoms with Gasteiger partial charge in [0.2, 0.25) is 0 Å². The van der Waals surface area contributed by atoms with Gasteiger partial charge in [0.1, 0.15) is 11.6 Å². The Balaban J connectivity index is 2.22. The van der Waals surface area contributed by atoms with E-state index >= 15 is 0 Å². The zero-order valence-electron chi connectivity index (χ0n) is 11.7. The second-order valence-corrected chi connectivity index (χ2v) is 4.29. The zero-order valence-corrected chi connectivity index (χ0v) is 11.7. The molecular formula is C15H18N4O. The van der Waals surface area contributed by atoms with Gasteiger partial charge in [0, 0.05) is 24.0 Å². The third-order valence-corrected chi connectivity index (χ3v) is 2.77. The smallest absolute Gasteiger partial charge is 0.257 e. The van der Waals surface area contributed by atoms with Crippen LogP contribution in [0.15, 0.2) is 36.5 Å². The Labute approximate surface area is 118 Å². The van der Waals surface area contributed by atoms with Gasteiger partial charge in [-0.3, -0.25) is 4.79 Å². The van der Waals surface area contributed by atoms with Crippen LogP contribution in [-0.2, 0) is 6.42 Å². The molecule has 2 heterocycles. The number of nitrogens with one attached hydrogen (secondary N) is 2. The van der Waals surface area contributed by atoms with Gasteiger partial charge in [0.15, 0.2) is 0 Å². The molecule has 0 aliphatic heterocycles. The van der Waals surface area contributed by atoms with E-state index in [-0.39, 0.29) is 5.91 Å². The molecule has 0 aromatic carbocycles. The minimum Gasteiger partial charge on any atom is -0.370 e. The molecule has 0 unspecified atom stereocenters. The third kappa shape index (κ3) is 3.54. The van der Waals surface area contributed by atoms with Crippen molar-refractivity contribution in [2.24, 2.45) is 0 Å². The van der Waals surface area contributed by atoms with Gasteiger partial charge in [-0.15, -0.1) is 0 Å². The van der Waals surface area contributed by atoms with E-state index in [1.807, 2.05) is 19.9 Å². The van der Waals surface area contributed by atoms with Crippen molar-refractivity contribution >= 4 is 17.5 Å². The van der Waals surface area contributed by atoms with Crippen LogP contribution in [0, 0.1) is 0 Å². The summed E-state index contributed by atoms with van der Waals surface area (Å²) in [6.45, 7) is 4.77. The van der Waals surface area contributed by atoms with Crippen LogP contribution in [-0.4, -0.2) is 22.4 Å². The van der Waals surface area contributed by atoms with Crippen molar-refractivity contribution in [3.8, 4) is 0 Å². The predicted octanol–water partition coefficient (Wildman–Crippen LogP) is 2.72. The highest BCUT2D eigenvalue weighted by molar-refractivity contribution is 6.04. The molecule has 0 saturated heterocycles. The molecule has 2 N–H and O–H groups in total. The molecule has 20 heavy (non-hydrogen) atoms. The summed E-state index contributed by atoms with van der Waals surface area (Å²) >= 11 is 0. The molecule has 0 bridgehead atoms. The van der Waals surface area contributed by atoms with Gasteiger partial charge >= 0.3 is 0 Å². The van der Waals surface area contributed by atoms with Crippen LogP contribution in [0.5, 0.6) is 0 Å². The van der Waals surface area contributed by atoms with E-state index in [4.69, 9.17) is 0 Å². The van der Waals surface area contributed by atoms with Crippen molar-refractivity contribution in [3.63, 3.8) is 0 Å². The predicted molar refractivity (Wildman–Crippen MR) is 80.0 cm³/mol. The monoisotopic (exact) mass is 270 g/mol. The summed E-state index contributed by atoms with van der Waals surface area (Å²) < 4.78 is 0. The number of rotatable bonds is 5. The average Bonchev–Trinajstić information content (AvgIpc) is 2.48. The Morgan fingerprint density at radius 3 is 2.70 bits per heavy atom. The first-order chi connectivity index (χ1) is 9.72. The fourth-order valence-electron chi connectivity index (χ4n) is 1.80. The van der Waals surface area contributed by atoms with Gasteiger partial charge in [0.05, 0.1) is 0 Å². The Kier molecular flexibility index (Phi) is 4.65. The van der Waals surface area contributed by atoms with E-state index in [0.29, 0.717) is 11.4 Å². The molecular weight excluding hydrogens is 252 g/mol. The van der Waals surface area contributed by atoms with E-state index in [1.54, 1.807) is 30.5 Å². The van der Waals surface area contributed by atoms with E-state index in [0.717, 1.165) is 24.5 Å². The van der Waals surface area contributed by atoms with Crippen LogP contribution in [0.1, 0.15) is 29.9 Å². The van der Waals surface area contributed by atoms with Crippen LogP contribution in [0.2, 0.25) is 0 Å². The number of carbonyl (C=O) groups is 1. The Hall–Kier alpha value is -2.43. The zero-order chi connectivity index (χ0) is 14.4.